The highest BCUT2D eigenvalue weighted by atomic mass is 16.2. The summed E-state index contributed by atoms with van der Waals surface area (Å²) in [5.74, 6) is 0.123. The molecule has 3 heteroatoms. The maximum atomic E-state index is 11.9. The molecular weight excluding hydrogens is 176 g/mol. The summed E-state index contributed by atoms with van der Waals surface area (Å²) < 4.78 is 0. The van der Waals surface area contributed by atoms with Crippen molar-refractivity contribution in [2.24, 2.45) is 5.73 Å². The molecule has 0 aromatic carbocycles. The Morgan fingerprint density at radius 2 is 1.79 bits per heavy atom. The maximum Gasteiger partial charge on any atom is 0.249 e. The molecular formula is C11H22N2O. The van der Waals surface area contributed by atoms with Gasteiger partial charge in [0.2, 0.25) is 5.91 Å². The number of carbonyl (C=O) groups is 1. The number of nitrogens with two attached hydrogens (primary N) is 1. The van der Waals surface area contributed by atoms with Crippen molar-refractivity contribution >= 4 is 5.91 Å². The third kappa shape index (κ3) is 3.92. The van der Waals surface area contributed by atoms with Crippen LogP contribution in [0.25, 0.3) is 0 Å². The summed E-state index contributed by atoms with van der Waals surface area (Å²) in [5.41, 5.74) is 7.38. The van der Waals surface area contributed by atoms with Crippen LogP contribution in [-0.4, -0.2) is 30.4 Å². The van der Waals surface area contributed by atoms with Gasteiger partial charge in [-0.2, -0.15) is 0 Å². The van der Waals surface area contributed by atoms with E-state index in [1.165, 1.54) is 0 Å². The number of hydrogen-bond acceptors (Lipinski definition) is 2. The van der Waals surface area contributed by atoms with Gasteiger partial charge in [-0.1, -0.05) is 12.5 Å². The van der Waals surface area contributed by atoms with Crippen molar-refractivity contribution in [3.05, 3.63) is 11.1 Å². The Kier molecular flexibility index (Phi) is 6.21. The van der Waals surface area contributed by atoms with Gasteiger partial charge < -0.3 is 10.6 Å². The van der Waals surface area contributed by atoms with E-state index in [0.29, 0.717) is 13.1 Å². The molecule has 0 rings (SSSR count). The predicted molar refractivity (Wildman–Crippen MR) is 60.0 cm³/mol. The fraction of sp³-hybridized carbons (Fsp3) is 0.727. The van der Waals surface area contributed by atoms with Gasteiger partial charge in [-0.15, -0.1) is 0 Å². The van der Waals surface area contributed by atoms with E-state index in [-0.39, 0.29) is 5.91 Å². The molecule has 0 spiro atoms. The summed E-state index contributed by atoms with van der Waals surface area (Å²) in [4.78, 5) is 13.7. The first-order chi connectivity index (χ1) is 6.54. The minimum absolute atomic E-state index is 0.123. The standard InChI is InChI=1S/C11H22N2O/c1-5-7-13(8-6-12)11(14)10(4)9(2)3/h5-8,12H2,1-4H3. The van der Waals surface area contributed by atoms with Gasteiger partial charge in [0.05, 0.1) is 0 Å². The third-order valence-electron chi connectivity index (χ3n) is 2.25. The minimum atomic E-state index is 0.123. The number of rotatable bonds is 5. The molecule has 0 aliphatic heterocycles. The molecule has 2 N–H and O–H groups in total. The Balaban J connectivity index is 4.51. The molecule has 3 nitrogen and oxygen atoms in total. The number of allylic oxidation sites excluding steroid dienone is 1. The van der Waals surface area contributed by atoms with Gasteiger partial charge in [0.1, 0.15) is 0 Å². The lowest BCUT2D eigenvalue weighted by Gasteiger charge is -2.22. The molecule has 0 atom stereocenters. The molecule has 0 heterocycles. The first kappa shape index (κ1) is 13.2. The topological polar surface area (TPSA) is 46.3 Å². The Hall–Kier alpha value is -0.830. The second kappa shape index (κ2) is 6.60. The molecule has 0 radical (unpaired) electrons. The largest absolute Gasteiger partial charge is 0.338 e. The van der Waals surface area contributed by atoms with E-state index in [9.17, 15) is 4.79 Å². The monoisotopic (exact) mass is 198 g/mol. The van der Waals surface area contributed by atoms with Gasteiger partial charge in [-0.25, -0.2) is 0 Å². The zero-order valence-corrected chi connectivity index (χ0v) is 9.76. The van der Waals surface area contributed by atoms with Crippen LogP contribution in [0.2, 0.25) is 0 Å². The van der Waals surface area contributed by atoms with Crippen LogP contribution in [0.3, 0.4) is 0 Å². The molecule has 0 bridgehead atoms. The SMILES string of the molecule is CCCN(CCN)C(=O)C(C)=C(C)C. The van der Waals surface area contributed by atoms with E-state index in [0.717, 1.165) is 24.1 Å². The van der Waals surface area contributed by atoms with Crippen LogP contribution in [0.4, 0.5) is 0 Å². The number of nitrogens with zero attached hydrogens (tertiary/aromatic N) is 1. The smallest absolute Gasteiger partial charge is 0.249 e. The lowest BCUT2D eigenvalue weighted by molar-refractivity contribution is -0.127. The zero-order valence-electron chi connectivity index (χ0n) is 9.76. The lowest BCUT2D eigenvalue weighted by atomic mass is 10.1. The summed E-state index contributed by atoms with van der Waals surface area (Å²) in [5, 5.41) is 0. The van der Waals surface area contributed by atoms with E-state index in [1.807, 2.05) is 25.7 Å². The van der Waals surface area contributed by atoms with E-state index in [4.69, 9.17) is 5.73 Å². The van der Waals surface area contributed by atoms with Crippen molar-refractivity contribution in [3.8, 4) is 0 Å². The van der Waals surface area contributed by atoms with Gasteiger partial charge >= 0.3 is 0 Å². The molecule has 0 aromatic rings. The van der Waals surface area contributed by atoms with Crippen molar-refractivity contribution in [3.63, 3.8) is 0 Å². The summed E-state index contributed by atoms with van der Waals surface area (Å²) in [6.45, 7) is 9.82. The first-order valence-corrected chi connectivity index (χ1v) is 5.18. The normalized spacial score (nSPS) is 9.79. The van der Waals surface area contributed by atoms with Gasteiger partial charge in [-0.05, 0) is 27.2 Å². The van der Waals surface area contributed by atoms with Crippen LogP contribution in [-0.2, 0) is 4.79 Å². The van der Waals surface area contributed by atoms with E-state index in [2.05, 4.69) is 6.92 Å². The summed E-state index contributed by atoms with van der Waals surface area (Å²) >= 11 is 0. The average molecular weight is 198 g/mol. The lowest BCUT2D eigenvalue weighted by Crippen LogP contribution is -2.36. The molecule has 1 amide bonds. The van der Waals surface area contributed by atoms with Crippen molar-refractivity contribution in [1.29, 1.82) is 0 Å². The molecule has 0 saturated carbocycles. The fourth-order valence-corrected chi connectivity index (χ4v) is 1.19. The van der Waals surface area contributed by atoms with Gasteiger partial charge in [0.25, 0.3) is 0 Å². The highest BCUT2D eigenvalue weighted by molar-refractivity contribution is 5.93. The zero-order chi connectivity index (χ0) is 11.1. The van der Waals surface area contributed by atoms with Crippen LogP contribution < -0.4 is 5.73 Å². The fourth-order valence-electron chi connectivity index (χ4n) is 1.19. The highest BCUT2D eigenvalue weighted by Crippen LogP contribution is 2.07. The van der Waals surface area contributed by atoms with E-state index >= 15 is 0 Å². The Labute approximate surface area is 87.0 Å². The Morgan fingerprint density at radius 3 is 2.14 bits per heavy atom. The van der Waals surface area contributed by atoms with Gasteiger partial charge in [-0.3, -0.25) is 4.79 Å². The average Bonchev–Trinajstić information content (AvgIpc) is 2.15. The van der Waals surface area contributed by atoms with Crippen LogP contribution in [0.15, 0.2) is 11.1 Å². The molecule has 0 fully saturated rings. The second-order valence-electron chi connectivity index (χ2n) is 3.71. The predicted octanol–water partition coefficient (Wildman–Crippen LogP) is 1.54. The molecule has 0 unspecified atom stereocenters. The quantitative estimate of drug-likeness (QED) is 0.681. The Bertz CT molecular complexity index is 211. The number of amides is 1. The van der Waals surface area contributed by atoms with Crippen molar-refractivity contribution < 1.29 is 4.79 Å². The summed E-state index contributed by atoms with van der Waals surface area (Å²) in [6.07, 6.45) is 0.974. The maximum absolute atomic E-state index is 11.9. The Morgan fingerprint density at radius 1 is 1.21 bits per heavy atom. The van der Waals surface area contributed by atoms with Crippen LogP contribution in [0.5, 0.6) is 0 Å². The van der Waals surface area contributed by atoms with Crippen molar-refractivity contribution in [1.82, 2.24) is 4.90 Å². The summed E-state index contributed by atoms with van der Waals surface area (Å²) in [6, 6.07) is 0. The van der Waals surface area contributed by atoms with Crippen molar-refractivity contribution in [2.45, 2.75) is 34.1 Å². The van der Waals surface area contributed by atoms with Gasteiger partial charge in [0, 0.05) is 25.2 Å². The molecule has 14 heavy (non-hydrogen) atoms. The highest BCUT2D eigenvalue weighted by Gasteiger charge is 2.13. The molecule has 0 aromatic heterocycles. The third-order valence-corrected chi connectivity index (χ3v) is 2.25. The van der Waals surface area contributed by atoms with Gasteiger partial charge in [0.15, 0.2) is 0 Å². The van der Waals surface area contributed by atoms with E-state index in [1.54, 1.807) is 0 Å². The van der Waals surface area contributed by atoms with E-state index < -0.39 is 0 Å². The minimum Gasteiger partial charge on any atom is -0.338 e. The molecule has 82 valence electrons. The van der Waals surface area contributed by atoms with Crippen molar-refractivity contribution in [2.75, 3.05) is 19.6 Å². The molecule has 0 saturated heterocycles. The number of carbonyl (C=O) groups excluding carboxylic acids is 1. The van der Waals surface area contributed by atoms with Crippen LogP contribution in [0.1, 0.15) is 34.1 Å². The summed E-state index contributed by atoms with van der Waals surface area (Å²) in [7, 11) is 0. The number of hydrogen-bond donors (Lipinski definition) is 1. The first-order valence-electron chi connectivity index (χ1n) is 5.18. The van der Waals surface area contributed by atoms with Crippen LogP contribution in [0, 0.1) is 0 Å². The molecule has 0 aliphatic carbocycles. The van der Waals surface area contributed by atoms with Crippen LogP contribution >= 0.6 is 0 Å². The second-order valence-corrected chi connectivity index (χ2v) is 3.71. The molecule has 0 aliphatic rings.